The van der Waals surface area contributed by atoms with Crippen LogP contribution in [0.25, 0.3) is 6.08 Å². The minimum absolute atomic E-state index is 0.234. The zero-order valence-electron chi connectivity index (χ0n) is 21.5. The number of ether oxygens (including phenoxy) is 3. The molecule has 1 aliphatic heterocycles. The first-order valence-corrected chi connectivity index (χ1v) is 12.3. The van der Waals surface area contributed by atoms with Gasteiger partial charge in [-0.15, -0.1) is 0 Å². The van der Waals surface area contributed by atoms with Crippen molar-refractivity contribution >= 4 is 41.2 Å². The molecule has 8 nitrogen and oxygen atoms in total. The van der Waals surface area contributed by atoms with Gasteiger partial charge < -0.3 is 14.2 Å². The van der Waals surface area contributed by atoms with Crippen molar-refractivity contribution in [3.05, 3.63) is 87.4 Å². The molecule has 9 heteroatoms. The third-order valence-electron chi connectivity index (χ3n) is 6.03. The summed E-state index contributed by atoms with van der Waals surface area (Å²) >= 11 is 6.56. The molecule has 0 aromatic heterocycles. The zero-order chi connectivity index (χ0) is 27.4. The first-order chi connectivity index (χ1) is 18.2. The number of urea groups is 1. The highest BCUT2D eigenvalue weighted by molar-refractivity contribution is 6.39. The van der Waals surface area contributed by atoms with Gasteiger partial charge in [0.2, 0.25) is 0 Å². The van der Waals surface area contributed by atoms with Gasteiger partial charge in [-0.25, -0.2) is 9.69 Å². The molecule has 3 aromatic carbocycles. The number of amides is 4. The SMILES string of the molecule is CCOc1cc(/C=C2\C(=O)NC(=O)N(c3ccc(OC)cc3)C2=O)cc(Cl)c1OCc1ccc(C)c(C)c1. The van der Waals surface area contributed by atoms with E-state index in [1.165, 1.54) is 18.7 Å². The summed E-state index contributed by atoms with van der Waals surface area (Å²) in [6.07, 6.45) is 1.36. The molecule has 0 aliphatic carbocycles. The van der Waals surface area contributed by atoms with Gasteiger partial charge in [0.25, 0.3) is 11.8 Å². The van der Waals surface area contributed by atoms with Crippen LogP contribution in [0.2, 0.25) is 5.02 Å². The van der Waals surface area contributed by atoms with Crippen molar-refractivity contribution in [2.24, 2.45) is 0 Å². The van der Waals surface area contributed by atoms with E-state index in [1.54, 1.807) is 36.4 Å². The number of rotatable bonds is 8. The molecule has 1 N–H and O–H groups in total. The Hall–Kier alpha value is -4.30. The van der Waals surface area contributed by atoms with E-state index < -0.39 is 17.8 Å². The van der Waals surface area contributed by atoms with Gasteiger partial charge >= 0.3 is 6.03 Å². The molecule has 38 heavy (non-hydrogen) atoms. The van der Waals surface area contributed by atoms with Crippen LogP contribution in [-0.4, -0.2) is 31.6 Å². The van der Waals surface area contributed by atoms with Crippen LogP contribution in [-0.2, 0) is 16.2 Å². The third-order valence-corrected chi connectivity index (χ3v) is 6.31. The van der Waals surface area contributed by atoms with E-state index in [4.69, 9.17) is 25.8 Å². The lowest BCUT2D eigenvalue weighted by Crippen LogP contribution is -2.54. The number of halogens is 1. The van der Waals surface area contributed by atoms with Crippen LogP contribution in [0.4, 0.5) is 10.5 Å². The second kappa shape index (κ2) is 11.4. The van der Waals surface area contributed by atoms with Crippen LogP contribution in [0.15, 0.2) is 60.2 Å². The molecule has 0 atom stereocenters. The maximum absolute atomic E-state index is 13.2. The normalized spacial score (nSPS) is 14.5. The molecule has 1 heterocycles. The van der Waals surface area contributed by atoms with Crippen molar-refractivity contribution < 1.29 is 28.6 Å². The Balaban J connectivity index is 1.64. The fourth-order valence-electron chi connectivity index (χ4n) is 3.91. The number of aryl methyl sites for hydroxylation is 2. The largest absolute Gasteiger partial charge is 0.497 e. The highest BCUT2D eigenvalue weighted by atomic mass is 35.5. The van der Waals surface area contributed by atoms with Crippen LogP contribution < -0.4 is 24.4 Å². The minimum atomic E-state index is -0.842. The number of methoxy groups -OCH3 is 1. The van der Waals surface area contributed by atoms with Gasteiger partial charge in [0.05, 0.1) is 24.4 Å². The maximum atomic E-state index is 13.2. The molecule has 4 amide bonds. The number of nitrogens with one attached hydrogen (secondary N) is 1. The van der Waals surface area contributed by atoms with E-state index in [-0.39, 0.29) is 22.9 Å². The van der Waals surface area contributed by atoms with Gasteiger partial charge in [-0.1, -0.05) is 29.8 Å². The summed E-state index contributed by atoms with van der Waals surface area (Å²) in [5.74, 6) is -0.309. The van der Waals surface area contributed by atoms with Crippen molar-refractivity contribution in [3.63, 3.8) is 0 Å². The molecule has 0 bridgehead atoms. The van der Waals surface area contributed by atoms with Crippen molar-refractivity contribution in [3.8, 4) is 17.2 Å². The van der Waals surface area contributed by atoms with Gasteiger partial charge in [0.15, 0.2) is 11.5 Å². The summed E-state index contributed by atoms with van der Waals surface area (Å²) in [6.45, 7) is 6.52. The zero-order valence-corrected chi connectivity index (χ0v) is 22.2. The first kappa shape index (κ1) is 26.8. The lowest BCUT2D eigenvalue weighted by molar-refractivity contribution is -0.122. The van der Waals surface area contributed by atoms with E-state index in [2.05, 4.69) is 5.32 Å². The van der Waals surface area contributed by atoms with Crippen molar-refractivity contribution in [2.45, 2.75) is 27.4 Å². The predicted molar refractivity (Wildman–Crippen MR) is 145 cm³/mol. The molecule has 0 unspecified atom stereocenters. The quantitative estimate of drug-likeness (QED) is 0.298. The number of nitrogens with zero attached hydrogens (tertiary/aromatic N) is 1. The standard InChI is InChI=1S/C29H27ClN2O6/c1-5-37-25-15-20(14-24(30)26(25)38-16-19-7-6-17(2)18(3)12-19)13-23-27(33)31-29(35)32(28(23)34)21-8-10-22(36-4)11-9-21/h6-15H,5,16H2,1-4H3,(H,31,33,35)/b23-13+. The topological polar surface area (TPSA) is 94.2 Å². The van der Waals surface area contributed by atoms with Gasteiger partial charge in [-0.05, 0) is 85.5 Å². The number of hydrogen-bond donors (Lipinski definition) is 1. The summed E-state index contributed by atoms with van der Waals surface area (Å²) in [4.78, 5) is 39.2. The average molecular weight is 535 g/mol. The molecule has 0 saturated carbocycles. The molecule has 0 radical (unpaired) electrons. The number of anilines is 1. The highest BCUT2D eigenvalue weighted by Gasteiger charge is 2.37. The van der Waals surface area contributed by atoms with Gasteiger partial charge in [0.1, 0.15) is 17.9 Å². The fraction of sp³-hybridized carbons (Fsp3) is 0.207. The average Bonchev–Trinajstić information content (AvgIpc) is 2.88. The van der Waals surface area contributed by atoms with Crippen LogP contribution in [0, 0.1) is 13.8 Å². The Bertz CT molecular complexity index is 1430. The van der Waals surface area contributed by atoms with E-state index in [9.17, 15) is 14.4 Å². The first-order valence-electron chi connectivity index (χ1n) is 11.9. The summed E-state index contributed by atoms with van der Waals surface area (Å²) in [7, 11) is 1.51. The Morgan fingerprint density at radius 1 is 0.947 bits per heavy atom. The van der Waals surface area contributed by atoms with Crippen LogP contribution in [0.5, 0.6) is 17.2 Å². The van der Waals surface area contributed by atoms with Gasteiger partial charge in [-0.3, -0.25) is 14.9 Å². The maximum Gasteiger partial charge on any atom is 0.335 e. The number of hydrogen-bond acceptors (Lipinski definition) is 6. The Morgan fingerprint density at radius 2 is 1.68 bits per heavy atom. The smallest absolute Gasteiger partial charge is 0.335 e. The lowest BCUT2D eigenvalue weighted by Gasteiger charge is -2.26. The van der Waals surface area contributed by atoms with Crippen LogP contribution >= 0.6 is 11.6 Å². The highest BCUT2D eigenvalue weighted by Crippen LogP contribution is 2.38. The number of barbiturate groups is 1. The molecule has 3 aromatic rings. The van der Waals surface area contributed by atoms with Crippen molar-refractivity contribution in [2.75, 3.05) is 18.6 Å². The van der Waals surface area contributed by atoms with E-state index >= 15 is 0 Å². The second-order valence-corrected chi connectivity index (χ2v) is 9.03. The lowest BCUT2D eigenvalue weighted by atomic mass is 10.1. The Morgan fingerprint density at radius 3 is 2.34 bits per heavy atom. The molecule has 1 fully saturated rings. The van der Waals surface area contributed by atoms with E-state index in [0.717, 1.165) is 16.0 Å². The fourth-order valence-corrected chi connectivity index (χ4v) is 4.19. The summed E-state index contributed by atoms with van der Waals surface area (Å²) < 4.78 is 16.9. The molecule has 1 aliphatic rings. The van der Waals surface area contributed by atoms with Gasteiger partial charge in [-0.2, -0.15) is 0 Å². The number of imide groups is 2. The van der Waals surface area contributed by atoms with Crippen molar-refractivity contribution in [1.82, 2.24) is 5.32 Å². The Kier molecular flexibility index (Phi) is 8.02. The molecular weight excluding hydrogens is 508 g/mol. The summed E-state index contributed by atoms with van der Waals surface area (Å²) in [5.41, 5.74) is 3.80. The van der Waals surface area contributed by atoms with Crippen LogP contribution in [0.1, 0.15) is 29.2 Å². The molecule has 4 rings (SSSR count). The summed E-state index contributed by atoms with van der Waals surface area (Å²) in [6, 6.07) is 14.7. The molecule has 1 saturated heterocycles. The summed E-state index contributed by atoms with van der Waals surface area (Å²) in [5, 5.41) is 2.46. The molecular formula is C29H27ClN2O6. The predicted octanol–water partition coefficient (Wildman–Crippen LogP) is 5.61. The monoisotopic (exact) mass is 534 g/mol. The van der Waals surface area contributed by atoms with Crippen molar-refractivity contribution in [1.29, 1.82) is 0 Å². The number of benzene rings is 3. The second-order valence-electron chi connectivity index (χ2n) is 8.63. The molecule has 0 spiro atoms. The Labute approximate surface area is 225 Å². The van der Waals surface area contributed by atoms with Gasteiger partial charge in [0, 0.05) is 0 Å². The number of carbonyl (C=O) groups is 3. The number of carbonyl (C=O) groups excluding carboxylic acids is 3. The minimum Gasteiger partial charge on any atom is -0.497 e. The third kappa shape index (κ3) is 5.65. The van der Waals surface area contributed by atoms with E-state index in [0.29, 0.717) is 29.4 Å². The molecule has 196 valence electrons. The van der Waals surface area contributed by atoms with E-state index in [1.807, 2.05) is 39.0 Å². The van der Waals surface area contributed by atoms with Crippen LogP contribution in [0.3, 0.4) is 0 Å².